The molecule has 2 saturated heterocycles. The molecule has 2 N–H and O–H groups in total. The molecule has 0 amide bonds. The molecule has 0 aromatic carbocycles. The molecule has 2 aliphatic rings. The minimum Gasteiger partial charge on any atom is -0.379 e. The Labute approximate surface area is 128 Å². The van der Waals surface area contributed by atoms with Crippen LogP contribution in [0.5, 0.6) is 0 Å². The van der Waals surface area contributed by atoms with Crippen molar-refractivity contribution in [1.82, 2.24) is 14.3 Å². The first-order valence-corrected chi connectivity index (χ1v) is 9.35. The summed E-state index contributed by atoms with van der Waals surface area (Å²) < 4.78 is 34.6. The second-order valence-electron chi connectivity index (χ2n) is 6.88. The van der Waals surface area contributed by atoms with Crippen LogP contribution in [0.4, 0.5) is 0 Å². The molecule has 0 aromatic heterocycles. The van der Waals surface area contributed by atoms with Gasteiger partial charge in [-0.2, -0.15) is 17.4 Å². The van der Waals surface area contributed by atoms with Gasteiger partial charge in [-0.05, 0) is 38.6 Å². The molecule has 21 heavy (non-hydrogen) atoms. The van der Waals surface area contributed by atoms with E-state index in [0.717, 1.165) is 25.8 Å². The Morgan fingerprint density at radius 3 is 2.52 bits per heavy atom. The van der Waals surface area contributed by atoms with E-state index in [-0.39, 0.29) is 0 Å². The molecule has 2 fully saturated rings. The maximum atomic E-state index is 12.5. The van der Waals surface area contributed by atoms with Gasteiger partial charge < -0.3 is 10.1 Å². The summed E-state index contributed by atoms with van der Waals surface area (Å²) in [6, 6.07) is 0.482. The largest absolute Gasteiger partial charge is 0.379 e. The van der Waals surface area contributed by atoms with Crippen molar-refractivity contribution in [3.8, 4) is 0 Å². The van der Waals surface area contributed by atoms with E-state index in [1.54, 1.807) is 4.31 Å². The number of piperidine rings is 1. The van der Waals surface area contributed by atoms with Crippen LogP contribution in [-0.2, 0) is 14.9 Å². The molecule has 0 saturated carbocycles. The highest BCUT2D eigenvalue weighted by Crippen LogP contribution is 2.23. The maximum Gasteiger partial charge on any atom is 0.280 e. The van der Waals surface area contributed by atoms with Crippen LogP contribution >= 0.6 is 0 Å². The first-order valence-electron chi connectivity index (χ1n) is 7.91. The lowest BCUT2D eigenvalue weighted by atomic mass is 9.98. The highest BCUT2D eigenvalue weighted by atomic mass is 32.2. The first kappa shape index (κ1) is 17.1. The molecule has 2 rings (SSSR count). The van der Waals surface area contributed by atoms with Gasteiger partial charge >= 0.3 is 0 Å². The Bertz CT molecular complexity index is 425. The summed E-state index contributed by atoms with van der Waals surface area (Å²) in [4.78, 5) is 0. The van der Waals surface area contributed by atoms with Crippen LogP contribution in [-0.4, -0.2) is 57.2 Å². The molecule has 0 radical (unpaired) electrons. The van der Waals surface area contributed by atoms with E-state index in [2.05, 4.69) is 23.9 Å². The molecular formula is C14H29N3O3S. The number of nitrogens with zero attached hydrogens (tertiary/aromatic N) is 1. The van der Waals surface area contributed by atoms with Gasteiger partial charge in [0.2, 0.25) is 0 Å². The predicted octanol–water partition coefficient (Wildman–Crippen LogP) is 0.710. The van der Waals surface area contributed by atoms with Gasteiger partial charge in [0.15, 0.2) is 0 Å². The van der Waals surface area contributed by atoms with Gasteiger partial charge in [-0.3, -0.25) is 0 Å². The lowest BCUT2D eigenvalue weighted by Crippen LogP contribution is -2.54. The summed E-state index contributed by atoms with van der Waals surface area (Å²) in [7, 11) is -3.40. The summed E-state index contributed by atoms with van der Waals surface area (Å²) in [5, 5.41) is 3.43. The van der Waals surface area contributed by atoms with Gasteiger partial charge in [-0.25, -0.2) is 0 Å². The molecular weight excluding hydrogens is 290 g/mol. The molecule has 0 aliphatic carbocycles. The predicted molar refractivity (Wildman–Crippen MR) is 83.3 cm³/mol. The van der Waals surface area contributed by atoms with Gasteiger partial charge in [0.05, 0.1) is 12.1 Å². The number of hydrogen-bond donors (Lipinski definition) is 2. The van der Waals surface area contributed by atoms with Crippen molar-refractivity contribution >= 4 is 10.2 Å². The maximum absolute atomic E-state index is 12.5. The SMILES string of the molecule is CC(C)NCC1CCN(S(=O)(=O)NC2(C)CCOC2)CC1. The molecule has 7 heteroatoms. The van der Waals surface area contributed by atoms with Gasteiger partial charge in [0, 0.05) is 25.7 Å². The van der Waals surface area contributed by atoms with E-state index < -0.39 is 15.7 Å². The third-order valence-corrected chi connectivity index (χ3v) is 6.12. The monoisotopic (exact) mass is 319 g/mol. The van der Waals surface area contributed by atoms with Gasteiger partial charge in [0.1, 0.15) is 0 Å². The van der Waals surface area contributed by atoms with Crippen molar-refractivity contribution in [1.29, 1.82) is 0 Å². The van der Waals surface area contributed by atoms with Crippen LogP contribution in [0.25, 0.3) is 0 Å². The Hall–Kier alpha value is -0.210. The Balaban J connectivity index is 1.83. The zero-order chi connectivity index (χ0) is 15.5. The second kappa shape index (κ2) is 6.91. The number of ether oxygens (including phenoxy) is 1. The van der Waals surface area contributed by atoms with Crippen LogP contribution in [0.3, 0.4) is 0 Å². The topological polar surface area (TPSA) is 70.7 Å². The van der Waals surface area contributed by atoms with Crippen molar-refractivity contribution < 1.29 is 13.2 Å². The van der Waals surface area contributed by atoms with E-state index in [1.807, 2.05) is 6.92 Å². The molecule has 2 aliphatic heterocycles. The fraction of sp³-hybridized carbons (Fsp3) is 1.00. The summed E-state index contributed by atoms with van der Waals surface area (Å²) in [6.07, 6.45) is 2.59. The molecule has 0 aromatic rings. The van der Waals surface area contributed by atoms with E-state index in [1.165, 1.54) is 0 Å². The Kier molecular flexibility index (Phi) is 5.65. The normalized spacial score (nSPS) is 29.3. The summed E-state index contributed by atoms with van der Waals surface area (Å²) in [6.45, 7) is 9.46. The molecule has 0 bridgehead atoms. The van der Waals surface area contributed by atoms with Gasteiger partial charge in [-0.1, -0.05) is 13.8 Å². The molecule has 6 nitrogen and oxygen atoms in total. The van der Waals surface area contributed by atoms with E-state index in [9.17, 15) is 8.42 Å². The molecule has 124 valence electrons. The third-order valence-electron chi connectivity index (χ3n) is 4.32. The smallest absolute Gasteiger partial charge is 0.280 e. The summed E-state index contributed by atoms with van der Waals surface area (Å²) in [5.41, 5.74) is -0.450. The van der Waals surface area contributed by atoms with E-state index >= 15 is 0 Å². The quantitative estimate of drug-likeness (QED) is 0.756. The van der Waals surface area contributed by atoms with E-state index in [4.69, 9.17) is 4.74 Å². The zero-order valence-corrected chi connectivity index (χ0v) is 14.2. The zero-order valence-electron chi connectivity index (χ0n) is 13.4. The van der Waals surface area contributed by atoms with Crippen molar-refractivity contribution in [2.75, 3.05) is 32.8 Å². The number of nitrogens with one attached hydrogen (secondary N) is 2. The molecule has 1 unspecified atom stereocenters. The average Bonchev–Trinajstić information content (AvgIpc) is 2.82. The highest BCUT2D eigenvalue weighted by Gasteiger charge is 2.37. The van der Waals surface area contributed by atoms with Crippen molar-refractivity contribution in [2.24, 2.45) is 5.92 Å². The van der Waals surface area contributed by atoms with Crippen molar-refractivity contribution in [3.63, 3.8) is 0 Å². The standard InChI is InChI=1S/C14H29N3O3S/c1-12(2)15-10-13-4-7-17(8-5-13)21(18,19)16-14(3)6-9-20-11-14/h12-13,15-16H,4-11H2,1-3H3. The fourth-order valence-corrected chi connectivity index (χ4v) is 4.48. The fourth-order valence-electron chi connectivity index (χ4n) is 2.88. The van der Waals surface area contributed by atoms with Crippen molar-refractivity contribution in [3.05, 3.63) is 0 Å². The van der Waals surface area contributed by atoms with Crippen LogP contribution < -0.4 is 10.0 Å². The molecule has 1 atom stereocenters. The highest BCUT2D eigenvalue weighted by molar-refractivity contribution is 7.87. The minimum atomic E-state index is -3.40. The number of rotatable bonds is 6. The first-order chi connectivity index (χ1) is 9.81. The third kappa shape index (κ3) is 4.89. The van der Waals surface area contributed by atoms with Crippen molar-refractivity contribution in [2.45, 2.75) is 51.6 Å². The lowest BCUT2D eigenvalue weighted by Gasteiger charge is -2.34. The Morgan fingerprint density at radius 1 is 1.33 bits per heavy atom. The molecule has 2 heterocycles. The van der Waals surface area contributed by atoms with Crippen LogP contribution in [0.2, 0.25) is 0 Å². The second-order valence-corrected chi connectivity index (χ2v) is 8.55. The minimum absolute atomic E-state index is 0.450. The summed E-state index contributed by atoms with van der Waals surface area (Å²) >= 11 is 0. The van der Waals surface area contributed by atoms with Crippen LogP contribution in [0, 0.1) is 5.92 Å². The Morgan fingerprint density at radius 2 is 2.00 bits per heavy atom. The lowest BCUT2D eigenvalue weighted by molar-refractivity contribution is 0.176. The molecule has 0 spiro atoms. The van der Waals surface area contributed by atoms with Gasteiger partial charge in [0.25, 0.3) is 10.2 Å². The van der Waals surface area contributed by atoms with E-state index in [0.29, 0.717) is 38.3 Å². The summed E-state index contributed by atoms with van der Waals surface area (Å²) in [5.74, 6) is 0.573. The average molecular weight is 319 g/mol. The van der Waals surface area contributed by atoms with Crippen LogP contribution in [0.1, 0.15) is 40.0 Å². The number of hydrogen-bond acceptors (Lipinski definition) is 4. The van der Waals surface area contributed by atoms with Crippen LogP contribution in [0.15, 0.2) is 0 Å². The van der Waals surface area contributed by atoms with Gasteiger partial charge in [-0.15, -0.1) is 0 Å².